The Morgan fingerprint density at radius 2 is 2.14 bits per heavy atom. The summed E-state index contributed by atoms with van der Waals surface area (Å²) in [5.41, 5.74) is 1.91. The van der Waals surface area contributed by atoms with Gasteiger partial charge in [0.2, 0.25) is 5.95 Å². The molecule has 0 spiro atoms. The minimum Gasteiger partial charge on any atom is -0.328 e. The second-order valence-electron chi connectivity index (χ2n) is 5.91. The van der Waals surface area contributed by atoms with E-state index in [1.807, 2.05) is 6.92 Å². The Balaban J connectivity index is 1.94. The van der Waals surface area contributed by atoms with Gasteiger partial charge < -0.3 is 5.32 Å². The first-order chi connectivity index (χ1) is 10.6. The maximum Gasteiger partial charge on any atom is 0.226 e. The Labute approximate surface area is 126 Å². The average molecular weight is 298 g/mol. The third-order valence-electron chi connectivity index (χ3n) is 4.27. The second kappa shape index (κ2) is 4.76. The van der Waals surface area contributed by atoms with E-state index in [-0.39, 0.29) is 17.5 Å². The van der Waals surface area contributed by atoms with E-state index in [4.69, 9.17) is 0 Å². The van der Waals surface area contributed by atoms with Crippen LogP contribution in [-0.4, -0.2) is 20.5 Å². The molecule has 0 bridgehead atoms. The molecule has 1 aromatic heterocycles. The molecule has 1 aliphatic carbocycles. The molecular formula is C16H15FN4O. The second-order valence-corrected chi connectivity index (χ2v) is 5.91. The monoisotopic (exact) mass is 298 g/mol. The molecule has 1 N–H and O–H groups in total. The van der Waals surface area contributed by atoms with Gasteiger partial charge in [-0.25, -0.2) is 9.07 Å². The van der Waals surface area contributed by atoms with Gasteiger partial charge in [-0.1, -0.05) is 25.1 Å². The quantitative estimate of drug-likeness (QED) is 0.879. The lowest BCUT2D eigenvalue weighted by Gasteiger charge is -2.34. The number of aromatic nitrogens is 3. The molecule has 112 valence electrons. The number of halogens is 1. The molecule has 6 heteroatoms. The summed E-state index contributed by atoms with van der Waals surface area (Å²) < 4.78 is 15.9. The van der Waals surface area contributed by atoms with Crippen molar-refractivity contribution in [3.8, 4) is 0 Å². The van der Waals surface area contributed by atoms with Gasteiger partial charge in [0.25, 0.3) is 0 Å². The summed E-state index contributed by atoms with van der Waals surface area (Å²) in [6.07, 6.45) is 2.66. The first kappa shape index (κ1) is 13.2. The zero-order chi connectivity index (χ0) is 15.3. The lowest BCUT2D eigenvalue weighted by molar-refractivity contribution is -0.117. The number of hydrogen-bond acceptors (Lipinski definition) is 4. The van der Waals surface area contributed by atoms with Crippen LogP contribution < -0.4 is 5.32 Å². The van der Waals surface area contributed by atoms with Crippen LogP contribution in [0.25, 0.3) is 0 Å². The number of carbonyl (C=O) groups excluding carboxylic acids is 1. The molecule has 0 unspecified atom stereocenters. The van der Waals surface area contributed by atoms with Crippen molar-refractivity contribution < 1.29 is 9.18 Å². The number of nitrogens with zero attached hydrogens (tertiary/aromatic N) is 3. The minimum absolute atomic E-state index is 0.0515. The maximum atomic E-state index is 14.3. The number of nitrogens with one attached hydrogen (secondary N) is 1. The molecule has 2 aliphatic rings. The normalized spacial score (nSPS) is 23.8. The number of benzene rings is 1. The zero-order valence-electron chi connectivity index (χ0n) is 12.1. The van der Waals surface area contributed by atoms with Crippen LogP contribution in [0, 0.1) is 11.7 Å². The van der Waals surface area contributed by atoms with Crippen molar-refractivity contribution in [1.29, 1.82) is 0 Å². The van der Waals surface area contributed by atoms with Crippen molar-refractivity contribution in [3.63, 3.8) is 0 Å². The predicted octanol–water partition coefficient (Wildman–Crippen LogP) is 2.69. The van der Waals surface area contributed by atoms with Crippen LogP contribution in [-0.2, 0) is 4.79 Å². The minimum atomic E-state index is -0.546. The number of fused-ring (bicyclic) bond motifs is 1. The first-order valence-electron chi connectivity index (χ1n) is 7.32. The smallest absolute Gasteiger partial charge is 0.226 e. The number of ketones is 1. The Morgan fingerprint density at radius 1 is 1.32 bits per heavy atom. The Morgan fingerprint density at radius 3 is 2.95 bits per heavy atom. The summed E-state index contributed by atoms with van der Waals surface area (Å²) in [7, 11) is 0. The SMILES string of the molecule is C[C@H]1CC(=O)C2=C(C1)Nc1ncnn1[C@@H]2c1ccccc1F. The number of hydrogen-bond donors (Lipinski definition) is 1. The number of Topliss-reactive ketones (excluding diaryl/α,β-unsaturated/α-hetero) is 1. The molecular weight excluding hydrogens is 283 g/mol. The molecule has 0 saturated carbocycles. The summed E-state index contributed by atoms with van der Waals surface area (Å²) in [6, 6.07) is 5.97. The van der Waals surface area contributed by atoms with Gasteiger partial charge in [0, 0.05) is 23.3 Å². The van der Waals surface area contributed by atoms with Crippen molar-refractivity contribution in [2.45, 2.75) is 25.8 Å². The summed E-state index contributed by atoms with van der Waals surface area (Å²) in [4.78, 5) is 16.8. The van der Waals surface area contributed by atoms with E-state index in [1.54, 1.807) is 22.9 Å². The summed E-state index contributed by atoms with van der Waals surface area (Å²) in [5.74, 6) is 0.535. The van der Waals surface area contributed by atoms with E-state index in [0.29, 0.717) is 23.5 Å². The lowest BCUT2D eigenvalue weighted by Crippen LogP contribution is -2.33. The van der Waals surface area contributed by atoms with Gasteiger partial charge in [-0.05, 0) is 18.4 Å². The predicted molar refractivity (Wildman–Crippen MR) is 78.6 cm³/mol. The standard InChI is InChI=1S/C16H15FN4O/c1-9-6-12-14(13(22)7-9)15(10-4-2-3-5-11(10)17)21-16(20-12)18-8-19-21/h2-5,8-9,15H,6-7H2,1H3,(H,18,19,20)/t9-,15-/m1/s1. The number of rotatable bonds is 1. The molecule has 0 saturated heterocycles. The number of carbonyl (C=O) groups is 1. The first-order valence-corrected chi connectivity index (χ1v) is 7.32. The van der Waals surface area contributed by atoms with Crippen LogP contribution in [0.2, 0.25) is 0 Å². The molecule has 5 nitrogen and oxygen atoms in total. The van der Waals surface area contributed by atoms with Gasteiger partial charge in [0.15, 0.2) is 5.78 Å². The molecule has 4 rings (SSSR count). The van der Waals surface area contributed by atoms with Gasteiger partial charge in [-0.15, -0.1) is 0 Å². The van der Waals surface area contributed by atoms with Crippen molar-refractivity contribution in [1.82, 2.24) is 14.8 Å². The highest BCUT2D eigenvalue weighted by atomic mass is 19.1. The van der Waals surface area contributed by atoms with E-state index in [9.17, 15) is 9.18 Å². The number of anilines is 1. The zero-order valence-corrected chi connectivity index (χ0v) is 12.1. The third kappa shape index (κ3) is 1.87. The molecule has 1 aromatic carbocycles. The highest BCUT2D eigenvalue weighted by molar-refractivity contribution is 5.99. The van der Waals surface area contributed by atoms with E-state index >= 15 is 0 Å². The highest BCUT2D eigenvalue weighted by Crippen LogP contribution is 2.41. The van der Waals surface area contributed by atoms with E-state index < -0.39 is 6.04 Å². The Bertz CT molecular complexity index is 795. The fourth-order valence-corrected chi connectivity index (χ4v) is 3.33. The highest BCUT2D eigenvalue weighted by Gasteiger charge is 2.38. The van der Waals surface area contributed by atoms with Crippen molar-refractivity contribution in [3.05, 3.63) is 53.2 Å². The summed E-state index contributed by atoms with van der Waals surface area (Å²) in [6.45, 7) is 2.04. The van der Waals surface area contributed by atoms with E-state index in [0.717, 1.165) is 12.1 Å². The van der Waals surface area contributed by atoms with Crippen LogP contribution in [0.15, 0.2) is 41.9 Å². The molecule has 0 fully saturated rings. The van der Waals surface area contributed by atoms with Crippen molar-refractivity contribution in [2.24, 2.45) is 5.92 Å². The van der Waals surface area contributed by atoms with Crippen molar-refractivity contribution >= 4 is 11.7 Å². The Hall–Kier alpha value is -2.50. The van der Waals surface area contributed by atoms with Crippen molar-refractivity contribution in [2.75, 3.05) is 5.32 Å². The van der Waals surface area contributed by atoms with Crippen LogP contribution >= 0.6 is 0 Å². The molecule has 2 aromatic rings. The van der Waals surface area contributed by atoms with Gasteiger partial charge >= 0.3 is 0 Å². The average Bonchev–Trinajstić information content (AvgIpc) is 2.93. The number of allylic oxidation sites excluding steroid dienone is 2. The summed E-state index contributed by atoms with van der Waals surface area (Å²) >= 11 is 0. The maximum absolute atomic E-state index is 14.3. The van der Waals surface area contributed by atoms with Crippen LogP contribution in [0.1, 0.15) is 31.4 Å². The van der Waals surface area contributed by atoms with Gasteiger partial charge in [0.1, 0.15) is 18.2 Å². The largest absolute Gasteiger partial charge is 0.328 e. The van der Waals surface area contributed by atoms with E-state index in [1.165, 1.54) is 12.4 Å². The lowest BCUT2D eigenvalue weighted by atomic mass is 9.81. The molecule has 0 radical (unpaired) electrons. The third-order valence-corrected chi connectivity index (χ3v) is 4.27. The van der Waals surface area contributed by atoms with Crippen LogP contribution in [0.4, 0.5) is 10.3 Å². The topological polar surface area (TPSA) is 59.8 Å². The summed E-state index contributed by atoms with van der Waals surface area (Å²) in [5, 5.41) is 7.37. The van der Waals surface area contributed by atoms with Crippen LogP contribution in [0.3, 0.4) is 0 Å². The van der Waals surface area contributed by atoms with Crippen LogP contribution in [0.5, 0.6) is 0 Å². The molecule has 2 atom stereocenters. The molecule has 1 aliphatic heterocycles. The van der Waals surface area contributed by atoms with Gasteiger partial charge in [-0.3, -0.25) is 4.79 Å². The molecule has 22 heavy (non-hydrogen) atoms. The molecule has 2 heterocycles. The van der Waals surface area contributed by atoms with Gasteiger partial charge in [-0.2, -0.15) is 10.1 Å². The molecule has 0 amide bonds. The van der Waals surface area contributed by atoms with E-state index in [2.05, 4.69) is 15.4 Å². The van der Waals surface area contributed by atoms with Gasteiger partial charge in [0.05, 0.1) is 0 Å². The Kier molecular flexibility index (Phi) is 2.85. The fraction of sp³-hybridized carbons (Fsp3) is 0.312. The fourth-order valence-electron chi connectivity index (χ4n) is 3.33.